The topological polar surface area (TPSA) is 26.3 Å². The van der Waals surface area contributed by atoms with E-state index in [1.54, 1.807) is 0 Å². The van der Waals surface area contributed by atoms with Gasteiger partial charge in [-0.1, -0.05) is 48.6 Å². The first kappa shape index (κ1) is 15.2. The maximum atomic E-state index is 12.9. The highest BCUT2D eigenvalue weighted by molar-refractivity contribution is 8.16. The third-order valence-electron chi connectivity index (χ3n) is 4.22. The Bertz CT molecular complexity index is 906. The summed E-state index contributed by atoms with van der Waals surface area (Å²) in [7, 11) is -0.256. The van der Waals surface area contributed by atoms with Gasteiger partial charge in [-0.15, -0.1) is 10.5 Å². The van der Waals surface area contributed by atoms with Crippen LogP contribution in [0.5, 0.6) is 5.75 Å². The molecule has 1 heterocycles. The minimum absolute atomic E-state index is 0.149. The van der Waals surface area contributed by atoms with E-state index in [1.165, 1.54) is 9.76 Å². The Kier molecular flexibility index (Phi) is 3.95. The van der Waals surface area contributed by atoms with Gasteiger partial charge in [0.15, 0.2) is 5.78 Å². The van der Waals surface area contributed by atoms with Crippen LogP contribution in [0.15, 0.2) is 82.6 Å². The van der Waals surface area contributed by atoms with Crippen LogP contribution in [-0.2, 0) is 0 Å². The van der Waals surface area contributed by atoms with E-state index in [1.807, 2.05) is 55.5 Å². The molecule has 24 heavy (non-hydrogen) atoms. The number of rotatable bonds is 3. The molecule has 1 aliphatic heterocycles. The summed E-state index contributed by atoms with van der Waals surface area (Å²) in [6.45, 7) is 2.64. The Labute approximate surface area is 144 Å². The number of hydrogen-bond donors (Lipinski definition) is 0. The second-order valence-corrected chi connectivity index (χ2v) is 7.69. The van der Waals surface area contributed by atoms with E-state index in [-0.39, 0.29) is 22.2 Å². The number of ether oxygens (including phenoxy) is 1. The number of ketones is 1. The van der Waals surface area contributed by atoms with Gasteiger partial charge in [-0.3, -0.25) is 4.79 Å². The van der Waals surface area contributed by atoms with Crippen molar-refractivity contribution in [3.8, 4) is 5.75 Å². The minimum atomic E-state index is -0.256. The first-order chi connectivity index (χ1) is 11.8. The van der Waals surface area contributed by atoms with Crippen molar-refractivity contribution < 1.29 is 9.53 Å². The second-order valence-electron chi connectivity index (χ2n) is 5.70. The molecule has 2 aromatic carbocycles. The van der Waals surface area contributed by atoms with E-state index in [4.69, 9.17) is 4.74 Å². The van der Waals surface area contributed by atoms with Gasteiger partial charge in [0.25, 0.3) is 0 Å². The first-order valence-corrected chi connectivity index (χ1v) is 9.34. The SMILES string of the molecule is CCOc1cccc(S2=C3C=CC=CC3C(=O)c3ccccc32)c1. The standard InChI is InChI=1S/C21H18O2S/c1-2-23-15-8-7-9-16(14-15)24-19-12-5-3-10-17(19)21(22)18-11-4-6-13-20(18)24/h3-14,17H,2H2,1H3. The zero-order valence-electron chi connectivity index (χ0n) is 13.4. The van der Waals surface area contributed by atoms with Crippen molar-refractivity contribution in [1.29, 1.82) is 0 Å². The number of allylic oxidation sites excluding steroid dienone is 4. The third kappa shape index (κ3) is 2.45. The quantitative estimate of drug-likeness (QED) is 0.748. The molecular weight excluding hydrogens is 316 g/mol. The van der Waals surface area contributed by atoms with Crippen molar-refractivity contribution in [3.05, 3.63) is 78.4 Å². The van der Waals surface area contributed by atoms with Crippen LogP contribution in [0.2, 0.25) is 0 Å². The Morgan fingerprint density at radius 2 is 1.96 bits per heavy atom. The van der Waals surface area contributed by atoms with Crippen molar-refractivity contribution in [2.45, 2.75) is 16.7 Å². The fraction of sp³-hybridized carbons (Fsp3) is 0.143. The smallest absolute Gasteiger partial charge is 0.175 e. The molecule has 0 bridgehead atoms. The van der Waals surface area contributed by atoms with Crippen LogP contribution in [0, 0.1) is 5.92 Å². The average Bonchev–Trinajstić information content (AvgIpc) is 2.63. The molecule has 2 nitrogen and oxygen atoms in total. The second kappa shape index (κ2) is 6.25. The fourth-order valence-electron chi connectivity index (χ4n) is 3.20. The van der Waals surface area contributed by atoms with Gasteiger partial charge in [-0.25, -0.2) is 0 Å². The van der Waals surface area contributed by atoms with Crippen molar-refractivity contribution in [1.82, 2.24) is 0 Å². The van der Waals surface area contributed by atoms with Gasteiger partial charge in [-0.2, -0.15) is 0 Å². The van der Waals surface area contributed by atoms with E-state index < -0.39 is 0 Å². The molecule has 2 aromatic rings. The molecule has 0 saturated heterocycles. The molecular formula is C21H18O2S. The lowest BCUT2D eigenvalue weighted by molar-refractivity contribution is 0.0969. The highest BCUT2D eigenvalue weighted by Gasteiger charge is 2.32. The summed E-state index contributed by atoms with van der Waals surface area (Å²) in [6.07, 6.45) is 8.12. The van der Waals surface area contributed by atoms with Gasteiger partial charge >= 0.3 is 0 Å². The third-order valence-corrected chi connectivity index (χ3v) is 6.61. The molecule has 2 unspecified atom stereocenters. The van der Waals surface area contributed by atoms with Crippen molar-refractivity contribution in [2.75, 3.05) is 6.61 Å². The Balaban J connectivity index is 1.97. The molecule has 2 atom stereocenters. The number of benzene rings is 2. The van der Waals surface area contributed by atoms with E-state index in [9.17, 15) is 4.79 Å². The average molecular weight is 334 g/mol. The molecule has 0 saturated carbocycles. The lowest BCUT2D eigenvalue weighted by Crippen LogP contribution is -2.27. The summed E-state index contributed by atoms with van der Waals surface area (Å²) in [5.41, 5.74) is 0.844. The molecule has 0 aromatic heterocycles. The molecule has 1 aliphatic carbocycles. The number of carbonyl (C=O) groups excluding carboxylic acids is 1. The van der Waals surface area contributed by atoms with Crippen LogP contribution in [0.1, 0.15) is 17.3 Å². The molecule has 0 N–H and O–H groups in total. The molecule has 0 fully saturated rings. The van der Waals surface area contributed by atoms with Crippen LogP contribution < -0.4 is 4.74 Å². The summed E-state index contributed by atoms with van der Waals surface area (Å²) in [4.78, 5) is 16.4. The van der Waals surface area contributed by atoms with E-state index >= 15 is 0 Å². The zero-order valence-corrected chi connectivity index (χ0v) is 14.3. The normalized spacial score (nSPS) is 21.4. The monoisotopic (exact) mass is 334 g/mol. The van der Waals surface area contributed by atoms with Crippen LogP contribution in [0.25, 0.3) is 0 Å². The Morgan fingerprint density at radius 1 is 1.08 bits per heavy atom. The van der Waals surface area contributed by atoms with Gasteiger partial charge in [0.05, 0.1) is 12.5 Å². The molecule has 120 valence electrons. The number of fused-ring (bicyclic) bond motifs is 2. The van der Waals surface area contributed by atoms with Gasteiger partial charge in [-0.05, 0) is 36.1 Å². The predicted octanol–water partition coefficient (Wildman–Crippen LogP) is 4.88. The van der Waals surface area contributed by atoms with Crippen LogP contribution in [0.3, 0.4) is 0 Å². The maximum Gasteiger partial charge on any atom is 0.175 e. The summed E-state index contributed by atoms with van der Waals surface area (Å²) in [5.74, 6) is 0.930. The number of carbonyl (C=O) groups is 1. The van der Waals surface area contributed by atoms with Crippen molar-refractivity contribution in [3.63, 3.8) is 0 Å². The summed E-state index contributed by atoms with van der Waals surface area (Å²) in [5, 5.41) is 0. The van der Waals surface area contributed by atoms with Crippen molar-refractivity contribution in [2.24, 2.45) is 5.92 Å². The number of hydrogen-bond acceptors (Lipinski definition) is 2. The largest absolute Gasteiger partial charge is 0.494 e. The van der Waals surface area contributed by atoms with Gasteiger partial charge in [0, 0.05) is 15.4 Å². The zero-order chi connectivity index (χ0) is 16.5. The summed E-state index contributed by atoms with van der Waals surface area (Å²) < 4.78 is 5.68. The van der Waals surface area contributed by atoms with Crippen LogP contribution in [-0.4, -0.2) is 17.3 Å². The molecule has 4 rings (SSSR count). The highest BCUT2D eigenvalue weighted by atomic mass is 32.2. The van der Waals surface area contributed by atoms with Crippen molar-refractivity contribution >= 4 is 21.1 Å². The summed E-state index contributed by atoms with van der Waals surface area (Å²) >= 11 is 0. The molecule has 2 aliphatic rings. The van der Waals surface area contributed by atoms with E-state index in [0.717, 1.165) is 16.2 Å². The van der Waals surface area contributed by atoms with E-state index in [2.05, 4.69) is 24.3 Å². The van der Waals surface area contributed by atoms with Gasteiger partial charge in [0.1, 0.15) is 5.75 Å². The number of Topliss-reactive ketones (excluding diaryl/α,β-unsaturated/α-hetero) is 1. The molecule has 0 spiro atoms. The van der Waals surface area contributed by atoms with Gasteiger partial charge < -0.3 is 4.74 Å². The van der Waals surface area contributed by atoms with Gasteiger partial charge in [0.2, 0.25) is 0 Å². The highest BCUT2D eigenvalue weighted by Crippen LogP contribution is 2.46. The molecule has 0 amide bonds. The Hall–Kier alpha value is -2.39. The predicted molar refractivity (Wildman–Crippen MR) is 99.3 cm³/mol. The van der Waals surface area contributed by atoms with E-state index in [0.29, 0.717) is 6.61 Å². The van der Waals surface area contributed by atoms with Crippen LogP contribution >= 0.6 is 10.5 Å². The lowest BCUT2D eigenvalue weighted by atomic mass is 9.91. The maximum absolute atomic E-state index is 12.9. The fourth-order valence-corrected chi connectivity index (χ4v) is 5.69. The van der Waals surface area contributed by atoms with Crippen LogP contribution in [0.4, 0.5) is 0 Å². The first-order valence-electron chi connectivity index (χ1n) is 8.11. The lowest BCUT2D eigenvalue weighted by Gasteiger charge is -2.29. The molecule has 0 radical (unpaired) electrons. The Morgan fingerprint density at radius 3 is 2.83 bits per heavy atom. The minimum Gasteiger partial charge on any atom is -0.494 e. The molecule has 3 heteroatoms. The summed E-state index contributed by atoms with van der Waals surface area (Å²) in [6, 6.07) is 16.3.